The van der Waals surface area contributed by atoms with E-state index >= 15 is 0 Å². The van der Waals surface area contributed by atoms with E-state index < -0.39 is 0 Å². The first-order valence-corrected chi connectivity index (χ1v) is 10.8. The first kappa shape index (κ1) is 21.1. The van der Waals surface area contributed by atoms with Gasteiger partial charge in [-0.05, 0) is 56.0 Å². The van der Waals surface area contributed by atoms with Crippen molar-refractivity contribution in [1.29, 1.82) is 0 Å². The number of carbonyl (C=O) groups is 2. The van der Waals surface area contributed by atoms with Gasteiger partial charge >= 0.3 is 6.03 Å². The molecule has 1 aromatic heterocycles. The molecule has 0 saturated carbocycles. The summed E-state index contributed by atoms with van der Waals surface area (Å²) < 4.78 is 0. The molecule has 0 spiro atoms. The number of hydrogen-bond acceptors (Lipinski definition) is 3. The molecule has 3 aromatic rings. The molecule has 3 amide bonds. The van der Waals surface area contributed by atoms with Crippen molar-refractivity contribution in [3.8, 4) is 0 Å². The lowest BCUT2D eigenvalue weighted by Crippen LogP contribution is -2.44. The molecule has 2 heterocycles. The maximum atomic E-state index is 13.2. The highest BCUT2D eigenvalue weighted by molar-refractivity contribution is 6.32. The molecule has 0 radical (unpaired) electrons. The lowest BCUT2D eigenvalue weighted by Gasteiger charge is -2.33. The van der Waals surface area contributed by atoms with E-state index in [0.29, 0.717) is 35.7 Å². The summed E-state index contributed by atoms with van der Waals surface area (Å²) in [6, 6.07) is 14.7. The third-order valence-corrected chi connectivity index (χ3v) is 5.79. The van der Waals surface area contributed by atoms with Crippen LogP contribution in [0.1, 0.15) is 28.8 Å². The molecule has 0 bridgehead atoms. The van der Waals surface area contributed by atoms with Crippen LogP contribution in [-0.4, -0.2) is 41.5 Å². The van der Waals surface area contributed by atoms with Crippen molar-refractivity contribution in [2.75, 3.05) is 25.0 Å². The molecule has 0 aliphatic carbocycles. The van der Waals surface area contributed by atoms with Crippen molar-refractivity contribution >= 4 is 40.1 Å². The van der Waals surface area contributed by atoms with Crippen LogP contribution in [-0.2, 0) is 0 Å². The van der Waals surface area contributed by atoms with E-state index in [9.17, 15) is 9.59 Å². The number of rotatable bonds is 4. The van der Waals surface area contributed by atoms with Crippen LogP contribution in [0.2, 0.25) is 5.02 Å². The van der Waals surface area contributed by atoms with Gasteiger partial charge in [0.1, 0.15) is 0 Å². The highest BCUT2D eigenvalue weighted by Gasteiger charge is 2.26. The second-order valence-electron chi connectivity index (χ2n) is 7.99. The molecule has 7 heteroatoms. The Morgan fingerprint density at radius 2 is 2.00 bits per heavy atom. The predicted octanol–water partition coefficient (Wildman–Crippen LogP) is 4.87. The maximum Gasteiger partial charge on any atom is 0.319 e. The predicted molar refractivity (Wildman–Crippen MR) is 124 cm³/mol. The molecule has 2 N–H and O–H groups in total. The van der Waals surface area contributed by atoms with Gasteiger partial charge in [-0.25, -0.2) is 4.79 Å². The van der Waals surface area contributed by atoms with Crippen LogP contribution in [0.5, 0.6) is 0 Å². The fraction of sp³-hybridized carbons (Fsp3) is 0.292. The van der Waals surface area contributed by atoms with Gasteiger partial charge in [0.05, 0.1) is 11.1 Å². The Labute approximate surface area is 186 Å². The standard InChI is InChI=1S/C24H25ClN4O2/c1-16-6-8-20(9-7-16)28-24(31)27-14-17-4-3-11-29(15-17)23(30)21-13-19(25)12-18-5-2-10-26-22(18)21/h2,5-10,12-13,17H,3-4,11,14-15H2,1H3,(H2,27,28,31). The smallest absolute Gasteiger partial charge is 0.319 e. The molecule has 1 fully saturated rings. The van der Waals surface area contributed by atoms with Gasteiger partial charge < -0.3 is 15.5 Å². The van der Waals surface area contributed by atoms with E-state index in [-0.39, 0.29) is 17.9 Å². The van der Waals surface area contributed by atoms with Gasteiger partial charge in [-0.3, -0.25) is 9.78 Å². The average Bonchev–Trinajstić information content (AvgIpc) is 2.78. The number of nitrogens with one attached hydrogen (secondary N) is 2. The molecule has 4 rings (SSSR count). The zero-order valence-corrected chi connectivity index (χ0v) is 18.2. The molecule has 31 heavy (non-hydrogen) atoms. The molecule has 1 unspecified atom stereocenters. The van der Waals surface area contributed by atoms with E-state index in [1.807, 2.05) is 54.3 Å². The summed E-state index contributed by atoms with van der Waals surface area (Å²) in [6.45, 7) is 3.79. The van der Waals surface area contributed by atoms with E-state index in [4.69, 9.17) is 11.6 Å². The fourth-order valence-corrected chi connectivity index (χ4v) is 4.18. The summed E-state index contributed by atoms with van der Waals surface area (Å²) in [5.74, 6) is 0.125. The fourth-order valence-electron chi connectivity index (χ4n) is 3.95. The van der Waals surface area contributed by atoms with Gasteiger partial charge in [0.2, 0.25) is 0 Å². The monoisotopic (exact) mass is 436 g/mol. The van der Waals surface area contributed by atoms with Gasteiger partial charge in [-0.2, -0.15) is 0 Å². The number of likely N-dealkylation sites (tertiary alicyclic amines) is 1. The summed E-state index contributed by atoms with van der Waals surface area (Å²) in [5.41, 5.74) is 3.08. The molecule has 1 aliphatic heterocycles. The number of aryl methyl sites for hydroxylation is 1. The van der Waals surface area contributed by atoms with Crippen LogP contribution < -0.4 is 10.6 Å². The van der Waals surface area contributed by atoms with Gasteiger partial charge in [0.15, 0.2) is 0 Å². The second-order valence-corrected chi connectivity index (χ2v) is 8.43. The number of hydrogen-bond donors (Lipinski definition) is 2. The Bertz CT molecular complexity index is 1100. The van der Waals surface area contributed by atoms with Crippen molar-refractivity contribution in [2.24, 2.45) is 5.92 Å². The topological polar surface area (TPSA) is 74.3 Å². The van der Waals surface area contributed by atoms with Crippen LogP contribution in [0, 0.1) is 12.8 Å². The minimum absolute atomic E-state index is 0.0694. The molecular weight excluding hydrogens is 412 g/mol. The van der Waals surface area contributed by atoms with Crippen LogP contribution in [0.3, 0.4) is 0 Å². The third kappa shape index (κ3) is 5.14. The molecular formula is C24H25ClN4O2. The highest BCUT2D eigenvalue weighted by atomic mass is 35.5. The lowest BCUT2D eigenvalue weighted by atomic mass is 9.97. The molecule has 1 atom stereocenters. The number of piperidine rings is 1. The van der Waals surface area contributed by atoms with Crippen LogP contribution in [0.4, 0.5) is 10.5 Å². The number of aromatic nitrogens is 1. The van der Waals surface area contributed by atoms with Crippen LogP contribution in [0.15, 0.2) is 54.7 Å². The maximum absolute atomic E-state index is 13.2. The number of fused-ring (bicyclic) bond motifs is 1. The molecule has 6 nitrogen and oxygen atoms in total. The summed E-state index contributed by atoms with van der Waals surface area (Å²) >= 11 is 6.24. The van der Waals surface area contributed by atoms with Gasteiger partial charge in [-0.1, -0.05) is 35.4 Å². The third-order valence-electron chi connectivity index (χ3n) is 5.57. The number of anilines is 1. The first-order valence-electron chi connectivity index (χ1n) is 10.4. The first-order chi connectivity index (χ1) is 15.0. The van der Waals surface area contributed by atoms with E-state index in [0.717, 1.165) is 29.5 Å². The van der Waals surface area contributed by atoms with Crippen molar-refractivity contribution in [1.82, 2.24) is 15.2 Å². The molecule has 1 saturated heterocycles. The Kier molecular flexibility index (Phi) is 6.37. The van der Waals surface area contributed by atoms with Crippen molar-refractivity contribution in [3.05, 3.63) is 70.9 Å². The Hall–Kier alpha value is -3.12. The van der Waals surface area contributed by atoms with Crippen LogP contribution in [0.25, 0.3) is 10.9 Å². The van der Waals surface area contributed by atoms with Gasteiger partial charge in [0, 0.05) is 41.9 Å². The minimum atomic E-state index is -0.239. The number of halogens is 1. The van der Waals surface area contributed by atoms with Crippen molar-refractivity contribution in [2.45, 2.75) is 19.8 Å². The zero-order chi connectivity index (χ0) is 21.8. The zero-order valence-electron chi connectivity index (χ0n) is 17.4. The minimum Gasteiger partial charge on any atom is -0.338 e. The SMILES string of the molecule is Cc1ccc(NC(=O)NCC2CCCN(C(=O)c3cc(Cl)cc4cccnc34)C2)cc1. The quantitative estimate of drug-likeness (QED) is 0.612. The normalized spacial score (nSPS) is 16.2. The van der Waals surface area contributed by atoms with Crippen molar-refractivity contribution < 1.29 is 9.59 Å². The number of benzene rings is 2. The molecule has 1 aliphatic rings. The number of urea groups is 1. The lowest BCUT2D eigenvalue weighted by molar-refractivity contribution is 0.0677. The van der Waals surface area contributed by atoms with Gasteiger partial charge in [0.25, 0.3) is 5.91 Å². The van der Waals surface area contributed by atoms with E-state index in [1.165, 1.54) is 0 Å². The number of amides is 3. The summed E-state index contributed by atoms with van der Waals surface area (Å²) in [4.78, 5) is 31.7. The summed E-state index contributed by atoms with van der Waals surface area (Å²) in [6.07, 6.45) is 3.54. The Morgan fingerprint density at radius 3 is 2.81 bits per heavy atom. The van der Waals surface area contributed by atoms with Crippen molar-refractivity contribution in [3.63, 3.8) is 0 Å². The summed E-state index contributed by atoms with van der Waals surface area (Å²) in [7, 11) is 0. The summed E-state index contributed by atoms with van der Waals surface area (Å²) in [5, 5.41) is 7.14. The van der Waals surface area contributed by atoms with E-state index in [2.05, 4.69) is 15.6 Å². The van der Waals surface area contributed by atoms with Gasteiger partial charge in [-0.15, -0.1) is 0 Å². The Morgan fingerprint density at radius 1 is 1.19 bits per heavy atom. The largest absolute Gasteiger partial charge is 0.338 e. The van der Waals surface area contributed by atoms with E-state index in [1.54, 1.807) is 12.3 Å². The second kappa shape index (κ2) is 9.35. The van der Waals surface area contributed by atoms with Crippen LogP contribution >= 0.6 is 11.6 Å². The number of carbonyl (C=O) groups excluding carboxylic acids is 2. The Balaban J connectivity index is 1.38. The highest BCUT2D eigenvalue weighted by Crippen LogP contribution is 2.25. The molecule has 2 aromatic carbocycles. The number of nitrogens with zero attached hydrogens (tertiary/aromatic N) is 2. The number of pyridine rings is 1. The molecule has 160 valence electrons. The average molecular weight is 437 g/mol.